The largest absolute Gasteiger partial charge is 0.348 e. The summed E-state index contributed by atoms with van der Waals surface area (Å²) in [6.07, 6.45) is -0.197. The number of halogens is 2. The lowest BCUT2D eigenvalue weighted by Gasteiger charge is -2.41. The number of aromatic nitrogens is 2. The number of benzene rings is 1. The van der Waals surface area contributed by atoms with E-state index in [9.17, 15) is 8.78 Å². The van der Waals surface area contributed by atoms with Crippen molar-refractivity contribution >= 4 is 5.82 Å². The highest BCUT2D eigenvalue weighted by Gasteiger charge is 2.36. The number of hydrogen-bond acceptors (Lipinski definition) is 3. The zero-order chi connectivity index (χ0) is 13.2. The molecule has 1 aromatic carbocycles. The van der Waals surface area contributed by atoms with Crippen molar-refractivity contribution in [2.45, 2.75) is 18.9 Å². The third-order valence-corrected chi connectivity index (χ3v) is 3.32. The molecule has 0 saturated carbocycles. The molecule has 1 unspecified atom stereocenters. The van der Waals surface area contributed by atoms with Crippen LogP contribution in [-0.4, -0.2) is 29.0 Å². The number of hydrogen-bond donors (Lipinski definition) is 0. The molecule has 0 bridgehead atoms. The Morgan fingerprint density at radius 2 is 1.95 bits per heavy atom. The Labute approximate surface area is 109 Å². The van der Waals surface area contributed by atoms with Gasteiger partial charge < -0.3 is 4.90 Å². The fraction of sp³-hybridized carbons (Fsp3) is 0.286. The van der Waals surface area contributed by atoms with E-state index in [1.165, 1.54) is 0 Å². The number of alkyl halides is 2. The second kappa shape index (κ2) is 4.91. The highest BCUT2D eigenvalue weighted by atomic mass is 19.3. The lowest BCUT2D eigenvalue weighted by molar-refractivity contribution is 0.0872. The van der Waals surface area contributed by atoms with Gasteiger partial charge in [0.05, 0.1) is 6.04 Å². The van der Waals surface area contributed by atoms with Gasteiger partial charge in [-0.3, -0.25) is 0 Å². The second-order valence-corrected chi connectivity index (χ2v) is 4.49. The third-order valence-electron chi connectivity index (χ3n) is 3.32. The minimum Gasteiger partial charge on any atom is -0.348 e. The van der Waals surface area contributed by atoms with Crippen LogP contribution in [0.3, 0.4) is 0 Å². The van der Waals surface area contributed by atoms with Crippen LogP contribution in [-0.2, 0) is 0 Å². The Hall–Kier alpha value is -2.04. The molecular weight excluding hydrogens is 248 g/mol. The second-order valence-electron chi connectivity index (χ2n) is 4.49. The van der Waals surface area contributed by atoms with Crippen molar-refractivity contribution in [2.75, 3.05) is 11.4 Å². The lowest BCUT2D eigenvalue weighted by Crippen LogP contribution is -2.52. The summed E-state index contributed by atoms with van der Waals surface area (Å²) in [4.78, 5) is 10.2. The molecule has 2 aromatic rings. The summed E-state index contributed by atoms with van der Waals surface area (Å²) in [5.41, 5.74) is 0.887. The van der Waals surface area contributed by atoms with E-state index in [1.54, 1.807) is 17.2 Å². The maximum absolute atomic E-state index is 12.8. The van der Waals surface area contributed by atoms with Gasteiger partial charge in [-0.15, -0.1) is 0 Å². The molecule has 3 rings (SSSR count). The van der Waals surface area contributed by atoms with E-state index < -0.39 is 12.5 Å². The SMILES string of the molecule is FC(F)C1CCN1c1ccnc(-c2ccccc2)n1. The first kappa shape index (κ1) is 12.0. The van der Waals surface area contributed by atoms with E-state index in [2.05, 4.69) is 9.97 Å². The summed E-state index contributed by atoms with van der Waals surface area (Å²) in [5, 5.41) is 0. The standard InChI is InChI=1S/C14H13F2N3/c15-13(16)11-7-9-19(11)12-6-8-17-14(18-12)10-4-2-1-3-5-10/h1-6,8,11,13H,7,9H2. The molecule has 0 spiro atoms. The predicted octanol–water partition coefficient (Wildman–Crippen LogP) is 2.99. The van der Waals surface area contributed by atoms with Gasteiger partial charge in [0, 0.05) is 18.3 Å². The summed E-state index contributed by atoms with van der Waals surface area (Å²) in [6, 6.07) is 10.5. The normalized spacial score (nSPS) is 18.5. The van der Waals surface area contributed by atoms with E-state index in [1.807, 2.05) is 30.3 Å². The van der Waals surface area contributed by atoms with Crippen LogP contribution < -0.4 is 4.90 Å². The molecule has 0 amide bonds. The highest BCUT2D eigenvalue weighted by molar-refractivity contribution is 5.57. The lowest BCUT2D eigenvalue weighted by atomic mass is 10.0. The first-order chi connectivity index (χ1) is 9.25. The van der Waals surface area contributed by atoms with Crippen LogP contribution >= 0.6 is 0 Å². The fourth-order valence-electron chi connectivity index (χ4n) is 2.19. The quantitative estimate of drug-likeness (QED) is 0.850. The van der Waals surface area contributed by atoms with E-state index in [4.69, 9.17) is 0 Å². The van der Waals surface area contributed by atoms with Gasteiger partial charge >= 0.3 is 0 Å². The topological polar surface area (TPSA) is 29.0 Å². The van der Waals surface area contributed by atoms with Crippen LogP contribution in [0.5, 0.6) is 0 Å². The van der Waals surface area contributed by atoms with Crippen molar-refractivity contribution in [3.05, 3.63) is 42.6 Å². The smallest absolute Gasteiger partial charge is 0.258 e. The maximum atomic E-state index is 12.8. The Balaban J connectivity index is 1.89. The van der Waals surface area contributed by atoms with Gasteiger partial charge in [0.2, 0.25) is 0 Å². The molecule has 1 atom stereocenters. The number of anilines is 1. The van der Waals surface area contributed by atoms with Gasteiger partial charge in [-0.25, -0.2) is 18.7 Å². The summed E-state index contributed by atoms with van der Waals surface area (Å²) in [6.45, 7) is 0.625. The van der Waals surface area contributed by atoms with Crippen molar-refractivity contribution in [1.82, 2.24) is 9.97 Å². The van der Waals surface area contributed by atoms with E-state index in [0.29, 0.717) is 24.6 Å². The molecular formula is C14H13F2N3. The Morgan fingerprint density at radius 3 is 2.58 bits per heavy atom. The average molecular weight is 261 g/mol. The van der Waals surface area contributed by atoms with E-state index in [0.717, 1.165) is 5.56 Å². The minimum absolute atomic E-state index is 0.516. The molecule has 98 valence electrons. The van der Waals surface area contributed by atoms with Crippen molar-refractivity contribution in [3.63, 3.8) is 0 Å². The van der Waals surface area contributed by atoms with Crippen molar-refractivity contribution in [2.24, 2.45) is 0 Å². The summed E-state index contributed by atoms with van der Waals surface area (Å²) < 4.78 is 25.5. The third kappa shape index (κ3) is 2.28. The molecule has 1 aliphatic rings. The van der Waals surface area contributed by atoms with Gasteiger partial charge in [-0.1, -0.05) is 30.3 Å². The van der Waals surface area contributed by atoms with Crippen LogP contribution in [0.25, 0.3) is 11.4 Å². The molecule has 1 aromatic heterocycles. The molecule has 3 nitrogen and oxygen atoms in total. The van der Waals surface area contributed by atoms with Crippen LogP contribution in [0.2, 0.25) is 0 Å². The van der Waals surface area contributed by atoms with Crippen LogP contribution in [0, 0.1) is 0 Å². The monoisotopic (exact) mass is 261 g/mol. The van der Waals surface area contributed by atoms with E-state index >= 15 is 0 Å². The van der Waals surface area contributed by atoms with Gasteiger partial charge in [-0.2, -0.15) is 0 Å². The molecule has 1 aliphatic heterocycles. The number of nitrogens with zero attached hydrogens (tertiary/aromatic N) is 3. The maximum Gasteiger partial charge on any atom is 0.258 e. The molecule has 1 saturated heterocycles. The summed E-state index contributed by atoms with van der Waals surface area (Å²) in [5.74, 6) is 1.14. The molecule has 0 N–H and O–H groups in total. The van der Waals surface area contributed by atoms with Crippen molar-refractivity contribution in [3.8, 4) is 11.4 Å². The molecule has 0 radical (unpaired) electrons. The molecule has 0 aliphatic carbocycles. The van der Waals surface area contributed by atoms with Crippen LogP contribution in [0.4, 0.5) is 14.6 Å². The zero-order valence-corrected chi connectivity index (χ0v) is 10.2. The first-order valence-corrected chi connectivity index (χ1v) is 6.19. The Kier molecular flexibility index (Phi) is 3.11. The first-order valence-electron chi connectivity index (χ1n) is 6.19. The van der Waals surface area contributed by atoms with Crippen LogP contribution in [0.15, 0.2) is 42.6 Å². The molecule has 19 heavy (non-hydrogen) atoms. The average Bonchev–Trinajstić information content (AvgIpc) is 2.38. The zero-order valence-electron chi connectivity index (χ0n) is 10.2. The summed E-state index contributed by atoms with van der Waals surface area (Å²) in [7, 11) is 0. The fourth-order valence-corrected chi connectivity index (χ4v) is 2.19. The molecule has 5 heteroatoms. The Bertz CT molecular complexity index is 560. The van der Waals surface area contributed by atoms with Crippen molar-refractivity contribution < 1.29 is 8.78 Å². The van der Waals surface area contributed by atoms with E-state index in [-0.39, 0.29) is 0 Å². The van der Waals surface area contributed by atoms with Crippen LogP contribution in [0.1, 0.15) is 6.42 Å². The van der Waals surface area contributed by atoms with Gasteiger partial charge in [0.1, 0.15) is 5.82 Å². The van der Waals surface area contributed by atoms with Gasteiger partial charge in [-0.05, 0) is 12.5 Å². The molecule has 2 heterocycles. The van der Waals surface area contributed by atoms with Gasteiger partial charge in [0.15, 0.2) is 5.82 Å². The number of rotatable bonds is 3. The Morgan fingerprint density at radius 1 is 1.16 bits per heavy atom. The highest BCUT2D eigenvalue weighted by Crippen LogP contribution is 2.29. The summed E-state index contributed by atoms with van der Waals surface area (Å²) >= 11 is 0. The van der Waals surface area contributed by atoms with Crippen molar-refractivity contribution in [1.29, 1.82) is 0 Å². The predicted molar refractivity (Wildman–Crippen MR) is 69.2 cm³/mol. The minimum atomic E-state index is -2.33. The van der Waals surface area contributed by atoms with Gasteiger partial charge in [0.25, 0.3) is 6.43 Å². The molecule has 1 fully saturated rings.